The van der Waals surface area contributed by atoms with Crippen LogP contribution in [0.4, 0.5) is 20.6 Å². The summed E-state index contributed by atoms with van der Waals surface area (Å²) in [5.41, 5.74) is 2.37. The zero-order chi connectivity index (χ0) is 21.6. The lowest BCUT2D eigenvalue weighted by atomic mass is 10.1. The molecule has 0 radical (unpaired) electrons. The van der Waals surface area contributed by atoms with Crippen molar-refractivity contribution in [2.45, 2.75) is 25.7 Å². The second-order valence-electron chi connectivity index (χ2n) is 8.13. The molecule has 31 heavy (non-hydrogen) atoms. The number of hydrogen-bond acceptors (Lipinski definition) is 3. The fourth-order valence-electron chi connectivity index (χ4n) is 4.28. The first-order valence-electron chi connectivity index (χ1n) is 11.1. The van der Waals surface area contributed by atoms with Gasteiger partial charge in [0, 0.05) is 44.8 Å². The minimum Gasteiger partial charge on any atom is -0.370 e. The van der Waals surface area contributed by atoms with Gasteiger partial charge in [0.15, 0.2) is 0 Å². The fourth-order valence-corrected chi connectivity index (χ4v) is 4.28. The van der Waals surface area contributed by atoms with E-state index in [0.717, 1.165) is 24.5 Å². The smallest absolute Gasteiger partial charge is 0.321 e. The Labute approximate surface area is 182 Å². The number of anilines is 2. The summed E-state index contributed by atoms with van der Waals surface area (Å²) >= 11 is 0. The number of hydrogen-bond donors (Lipinski definition) is 1. The monoisotopic (exact) mass is 424 g/mol. The van der Waals surface area contributed by atoms with E-state index >= 15 is 0 Å². The predicted molar refractivity (Wildman–Crippen MR) is 120 cm³/mol. The molecule has 2 aromatic rings. The summed E-state index contributed by atoms with van der Waals surface area (Å²) in [7, 11) is 0. The van der Waals surface area contributed by atoms with Crippen LogP contribution in [0.1, 0.15) is 36.0 Å². The predicted octanol–water partition coefficient (Wildman–Crippen LogP) is 4.20. The van der Waals surface area contributed by atoms with Gasteiger partial charge >= 0.3 is 6.03 Å². The molecule has 2 aliphatic rings. The van der Waals surface area contributed by atoms with Gasteiger partial charge in [-0.3, -0.25) is 4.79 Å². The van der Waals surface area contributed by atoms with Crippen molar-refractivity contribution in [2.75, 3.05) is 49.5 Å². The normalized spacial score (nSPS) is 17.3. The third-order valence-electron chi connectivity index (χ3n) is 6.00. The molecule has 2 saturated heterocycles. The first kappa shape index (κ1) is 21.2. The van der Waals surface area contributed by atoms with Gasteiger partial charge in [-0.1, -0.05) is 12.1 Å². The number of urea groups is 1. The van der Waals surface area contributed by atoms with Gasteiger partial charge in [-0.25, -0.2) is 9.18 Å². The number of halogens is 1. The highest BCUT2D eigenvalue weighted by Gasteiger charge is 2.24. The molecule has 0 bridgehead atoms. The lowest BCUT2D eigenvalue weighted by Crippen LogP contribution is -2.39. The van der Waals surface area contributed by atoms with E-state index < -0.39 is 0 Å². The Morgan fingerprint density at radius 3 is 2.19 bits per heavy atom. The lowest BCUT2D eigenvalue weighted by Gasteiger charge is -2.31. The molecule has 4 rings (SSSR count). The number of carbonyl (C=O) groups excluding carboxylic acids is 2. The molecule has 0 unspecified atom stereocenters. The third kappa shape index (κ3) is 5.16. The van der Waals surface area contributed by atoms with Crippen molar-refractivity contribution in [2.24, 2.45) is 0 Å². The van der Waals surface area contributed by atoms with Crippen molar-refractivity contribution < 1.29 is 14.0 Å². The molecule has 2 heterocycles. The Bertz CT molecular complexity index is 912. The SMILES string of the molecule is O=C(Nc1ccccc1N1CCCCC1)N1CCCN(C(=O)c2ccc(F)cc2)CC1. The largest absolute Gasteiger partial charge is 0.370 e. The van der Waals surface area contributed by atoms with Crippen molar-refractivity contribution >= 4 is 23.3 Å². The Balaban J connectivity index is 1.38. The number of para-hydroxylation sites is 2. The maximum absolute atomic E-state index is 13.1. The minimum atomic E-state index is -0.361. The van der Waals surface area contributed by atoms with Gasteiger partial charge in [-0.2, -0.15) is 0 Å². The van der Waals surface area contributed by atoms with Crippen molar-refractivity contribution in [1.29, 1.82) is 0 Å². The zero-order valence-electron chi connectivity index (χ0n) is 17.7. The van der Waals surface area contributed by atoms with Gasteiger partial charge in [0.1, 0.15) is 5.82 Å². The van der Waals surface area contributed by atoms with Crippen molar-refractivity contribution in [3.63, 3.8) is 0 Å². The van der Waals surface area contributed by atoms with Crippen LogP contribution in [0.5, 0.6) is 0 Å². The summed E-state index contributed by atoms with van der Waals surface area (Å²) in [4.78, 5) is 31.6. The number of rotatable bonds is 3. The van der Waals surface area contributed by atoms with E-state index in [1.807, 2.05) is 18.2 Å². The molecule has 0 aromatic heterocycles. The Kier molecular flexibility index (Phi) is 6.70. The van der Waals surface area contributed by atoms with Gasteiger partial charge in [-0.05, 0) is 62.1 Å². The van der Waals surface area contributed by atoms with E-state index in [2.05, 4.69) is 16.3 Å². The summed E-state index contributed by atoms with van der Waals surface area (Å²) in [6.07, 6.45) is 4.30. The molecular weight excluding hydrogens is 395 g/mol. The number of piperidine rings is 1. The Morgan fingerprint density at radius 2 is 1.42 bits per heavy atom. The molecule has 0 saturated carbocycles. The molecular formula is C24H29FN4O2. The first-order chi connectivity index (χ1) is 15.1. The van der Waals surface area contributed by atoms with Crippen LogP contribution in [-0.2, 0) is 0 Å². The van der Waals surface area contributed by atoms with E-state index in [0.29, 0.717) is 38.2 Å². The molecule has 3 amide bonds. The van der Waals surface area contributed by atoms with Crippen LogP contribution < -0.4 is 10.2 Å². The van der Waals surface area contributed by atoms with E-state index in [1.54, 1.807) is 9.80 Å². The highest BCUT2D eigenvalue weighted by molar-refractivity contribution is 5.95. The number of carbonyl (C=O) groups is 2. The second kappa shape index (κ2) is 9.81. The average molecular weight is 425 g/mol. The van der Waals surface area contributed by atoms with Crippen LogP contribution in [-0.4, -0.2) is 61.0 Å². The second-order valence-corrected chi connectivity index (χ2v) is 8.13. The fraction of sp³-hybridized carbons (Fsp3) is 0.417. The van der Waals surface area contributed by atoms with Gasteiger partial charge < -0.3 is 20.0 Å². The van der Waals surface area contributed by atoms with Crippen LogP contribution in [0.3, 0.4) is 0 Å². The summed E-state index contributed by atoms with van der Waals surface area (Å²) in [6.45, 7) is 4.10. The zero-order valence-corrected chi connectivity index (χ0v) is 17.7. The van der Waals surface area contributed by atoms with Crippen LogP contribution in [0.15, 0.2) is 48.5 Å². The Hall–Kier alpha value is -3.09. The highest BCUT2D eigenvalue weighted by atomic mass is 19.1. The number of nitrogens with one attached hydrogen (secondary N) is 1. The summed E-state index contributed by atoms with van der Waals surface area (Å²) < 4.78 is 13.1. The van der Waals surface area contributed by atoms with Crippen LogP contribution in [0, 0.1) is 5.82 Å². The van der Waals surface area contributed by atoms with E-state index in [9.17, 15) is 14.0 Å². The quantitative estimate of drug-likeness (QED) is 0.804. The van der Waals surface area contributed by atoms with Crippen LogP contribution in [0.25, 0.3) is 0 Å². The maximum atomic E-state index is 13.1. The molecule has 0 aliphatic carbocycles. The number of nitrogens with zero attached hydrogens (tertiary/aromatic N) is 3. The Morgan fingerprint density at radius 1 is 0.742 bits per heavy atom. The van der Waals surface area contributed by atoms with E-state index in [4.69, 9.17) is 0 Å². The molecule has 6 nitrogen and oxygen atoms in total. The molecule has 2 aliphatic heterocycles. The highest BCUT2D eigenvalue weighted by Crippen LogP contribution is 2.28. The minimum absolute atomic E-state index is 0.127. The maximum Gasteiger partial charge on any atom is 0.321 e. The van der Waals surface area contributed by atoms with Gasteiger partial charge in [0.25, 0.3) is 5.91 Å². The van der Waals surface area contributed by atoms with Crippen molar-refractivity contribution in [3.05, 3.63) is 59.9 Å². The number of amides is 3. The summed E-state index contributed by atoms with van der Waals surface area (Å²) in [5, 5.41) is 3.09. The number of benzene rings is 2. The van der Waals surface area contributed by atoms with Crippen molar-refractivity contribution in [3.8, 4) is 0 Å². The molecule has 7 heteroatoms. The molecule has 2 fully saturated rings. The van der Waals surface area contributed by atoms with Gasteiger partial charge in [0.2, 0.25) is 0 Å². The van der Waals surface area contributed by atoms with E-state index in [-0.39, 0.29) is 17.8 Å². The van der Waals surface area contributed by atoms with Gasteiger partial charge in [0.05, 0.1) is 11.4 Å². The van der Waals surface area contributed by atoms with E-state index in [1.165, 1.54) is 43.5 Å². The first-order valence-corrected chi connectivity index (χ1v) is 11.1. The summed E-state index contributed by atoms with van der Waals surface area (Å²) in [5.74, 6) is -0.488. The topological polar surface area (TPSA) is 55.9 Å². The molecule has 0 spiro atoms. The van der Waals surface area contributed by atoms with Crippen LogP contribution in [0.2, 0.25) is 0 Å². The van der Waals surface area contributed by atoms with Gasteiger partial charge in [-0.15, -0.1) is 0 Å². The van der Waals surface area contributed by atoms with Crippen molar-refractivity contribution in [1.82, 2.24) is 9.80 Å². The molecule has 2 aromatic carbocycles. The standard InChI is InChI=1S/C24H29FN4O2/c25-20-11-9-19(10-12-20)23(30)28-15-6-16-29(18-17-28)24(31)26-21-7-2-3-8-22(21)27-13-4-1-5-14-27/h2-3,7-12H,1,4-6,13-18H2,(H,26,31). The average Bonchev–Trinajstić information content (AvgIpc) is 3.06. The third-order valence-corrected chi connectivity index (χ3v) is 6.00. The lowest BCUT2D eigenvalue weighted by molar-refractivity contribution is 0.0762. The molecule has 164 valence electrons. The van der Waals surface area contributed by atoms with Crippen LogP contribution >= 0.6 is 0 Å². The molecule has 0 atom stereocenters. The molecule has 1 N–H and O–H groups in total. The summed E-state index contributed by atoms with van der Waals surface area (Å²) in [6, 6.07) is 13.4.